The molecule has 1 unspecified atom stereocenters. The Morgan fingerprint density at radius 3 is 2.67 bits per heavy atom. The summed E-state index contributed by atoms with van der Waals surface area (Å²) in [7, 11) is 3.36. The zero-order valence-electron chi connectivity index (χ0n) is 11.5. The predicted molar refractivity (Wildman–Crippen MR) is 76.7 cm³/mol. The molecule has 1 atom stereocenters. The SMILES string of the molecule is CCC(/C=C/c1ccc(OC)c(N)c1)CCOC. The van der Waals surface area contributed by atoms with Crippen LogP contribution in [0.15, 0.2) is 24.3 Å². The lowest BCUT2D eigenvalue weighted by molar-refractivity contribution is 0.183. The molecule has 0 aliphatic carbocycles. The fraction of sp³-hybridized carbons (Fsp3) is 0.467. The van der Waals surface area contributed by atoms with Gasteiger partial charge in [-0.25, -0.2) is 0 Å². The van der Waals surface area contributed by atoms with Crippen LogP contribution in [-0.2, 0) is 4.74 Å². The van der Waals surface area contributed by atoms with Crippen molar-refractivity contribution in [3.8, 4) is 5.75 Å². The molecule has 1 rings (SSSR count). The number of rotatable bonds is 7. The van der Waals surface area contributed by atoms with Crippen LogP contribution < -0.4 is 10.5 Å². The van der Waals surface area contributed by atoms with Gasteiger partial charge in [-0.1, -0.05) is 25.1 Å². The third kappa shape index (κ3) is 4.41. The largest absolute Gasteiger partial charge is 0.495 e. The molecule has 3 heteroatoms. The fourth-order valence-electron chi connectivity index (χ4n) is 1.81. The molecule has 0 amide bonds. The molecule has 1 aromatic carbocycles. The summed E-state index contributed by atoms with van der Waals surface area (Å²) in [5, 5.41) is 0. The Balaban J connectivity index is 2.67. The minimum atomic E-state index is 0.549. The highest BCUT2D eigenvalue weighted by Crippen LogP contribution is 2.23. The average molecular weight is 249 g/mol. The van der Waals surface area contributed by atoms with Gasteiger partial charge in [0.1, 0.15) is 5.75 Å². The summed E-state index contributed by atoms with van der Waals surface area (Å²) in [6.07, 6.45) is 6.50. The lowest BCUT2D eigenvalue weighted by Crippen LogP contribution is -1.99. The topological polar surface area (TPSA) is 44.5 Å². The number of nitrogens with two attached hydrogens (primary N) is 1. The first-order chi connectivity index (χ1) is 8.71. The first kappa shape index (κ1) is 14.6. The zero-order chi connectivity index (χ0) is 13.4. The zero-order valence-corrected chi connectivity index (χ0v) is 11.5. The van der Waals surface area contributed by atoms with Gasteiger partial charge >= 0.3 is 0 Å². The summed E-state index contributed by atoms with van der Waals surface area (Å²) < 4.78 is 10.2. The molecule has 0 aliphatic rings. The Hall–Kier alpha value is -1.48. The molecule has 0 heterocycles. The predicted octanol–water partition coefficient (Wildman–Crippen LogP) is 3.35. The van der Waals surface area contributed by atoms with E-state index in [1.165, 1.54) is 0 Å². The van der Waals surface area contributed by atoms with Crippen LogP contribution in [0.4, 0.5) is 5.69 Å². The van der Waals surface area contributed by atoms with Gasteiger partial charge in [0.05, 0.1) is 12.8 Å². The maximum Gasteiger partial charge on any atom is 0.141 e. The molecule has 0 fully saturated rings. The van der Waals surface area contributed by atoms with Gasteiger partial charge in [0, 0.05) is 13.7 Å². The van der Waals surface area contributed by atoms with E-state index < -0.39 is 0 Å². The normalized spacial score (nSPS) is 12.8. The van der Waals surface area contributed by atoms with E-state index in [9.17, 15) is 0 Å². The van der Waals surface area contributed by atoms with Gasteiger partial charge < -0.3 is 15.2 Å². The molecule has 0 radical (unpaired) electrons. The number of hydrogen-bond acceptors (Lipinski definition) is 3. The van der Waals surface area contributed by atoms with E-state index in [1.54, 1.807) is 14.2 Å². The van der Waals surface area contributed by atoms with Gasteiger partial charge in [0.2, 0.25) is 0 Å². The first-order valence-corrected chi connectivity index (χ1v) is 6.31. The van der Waals surface area contributed by atoms with Crippen LogP contribution in [0.2, 0.25) is 0 Å². The molecule has 0 aliphatic heterocycles. The van der Waals surface area contributed by atoms with Crippen LogP contribution in [0, 0.1) is 5.92 Å². The van der Waals surface area contributed by atoms with Crippen molar-refractivity contribution in [2.75, 3.05) is 26.6 Å². The summed E-state index contributed by atoms with van der Waals surface area (Å²) in [4.78, 5) is 0. The van der Waals surface area contributed by atoms with E-state index in [0.29, 0.717) is 11.6 Å². The molecular formula is C15H23NO2. The molecule has 0 saturated carbocycles. The van der Waals surface area contributed by atoms with Gasteiger partial charge in [-0.2, -0.15) is 0 Å². The minimum Gasteiger partial charge on any atom is -0.495 e. The lowest BCUT2D eigenvalue weighted by atomic mass is 10.0. The number of nitrogen functional groups attached to an aromatic ring is 1. The monoisotopic (exact) mass is 249 g/mol. The second-order valence-electron chi connectivity index (χ2n) is 4.31. The Labute approximate surface area is 110 Å². The number of benzene rings is 1. The van der Waals surface area contributed by atoms with Crippen molar-refractivity contribution in [2.45, 2.75) is 19.8 Å². The van der Waals surface area contributed by atoms with Crippen molar-refractivity contribution in [3.05, 3.63) is 29.8 Å². The van der Waals surface area contributed by atoms with Crippen molar-refractivity contribution in [3.63, 3.8) is 0 Å². The van der Waals surface area contributed by atoms with Crippen LogP contribution in [0.5, 0.6) is 5.75 Å². The van der Waals surface area contributed by atoms with Crippen molar-refractivity contribution in [2.24, 2.45) is 5.92 Å². The maximum atomic E-state index is 5.87. The van der Waals surface area contributed by atoms with Crippen LogP contribution >= 0.6 is 0 Å². The first-order valence-electron chi connectivity index (χ1n) is 6.31. The highest BCUT2D eigenvalue weighted by molar-refractivity contribution is 5.61. The number of methoxy groups -OCH3 is 2. The second-order valence-corrected chi connectivity index (χ2v) is 4.31. The molecule has 0 saturated heterocycles. The Morgan fingerprint density at radius 1 is 1.33 bits per heavy atom. The van der Waals surface area contributed by atoms with Gasteiger partial charge in [-0.3, -0.25) is 0 Å². The number of anilines is 1. The summed E-state index contributed by atoms with van der Waals surface area (Å²) in [5.74, 6) is 1.27. The molecule has 0 bridgehead atoms. The van der Waals surface area contributed by atoms with E-state index in [4.69, 9.17) is 15.2 Å². The quantitative estimate of drug-likeness (QED) is 0.754. The summed E-state index contributed by atoms with van der Waals surface area (Å²) >= 11 is 0. The number of ether oxygens (including phenoxy) is 2. The van der Waals surface area contributed by atoms with Crippen molar-refractivity contribution in [1.82, 2.24) is 0 Å². The standard InChI is InChI=1S/C15H23NO2/c1-4-12(9-10-17-2)5-6-13-7-8-15(18-3)14(16)11-13/h5-8,11-12H,4,9-10,16H2,1-3H3/b6-5+. The van der Waals surface area contributed by atoms with Crippen molar-refractivity contribution >= 4 is 11.8 Å². The van der Waals surface area contributed by atoms with Crippen LogP contribution in [0.25, 0.3) is 6.08 Å². The summed E-state index contributed by atoms with van der Waals surface area (Å²) in [5.41, 5.74) is 7.64. The van der Waals surface area contributed by atoms with Crippen LogP contribution in [-0.4, -0.2) is 20.8 Å². The third-order valence-corrected chi connectivity index (χ3v) is 3.03. The number of hydrogen-bond donors (Lipinski definition) is 1. The molecule has 2 N–H and O–H groups in total. The van der Waals surface area contributed by atoms with Crippen LogP contribution in [0.1, 0.15) is 25.3 Å². The molecule has 18 heavy (non-hydrogen) atoms. The van der Waals surface area contributed by atoms with E-state index >= 15 is 0 Å². The third-order valence-electron chi connectivity index (χ3n) is 3.03. The summed E-state index contributed by atoms with van der Waals surface area (Å²) in [6.45, 7) is 2.99. The van der Waals surface area contributed by atoms with E-state index in [-0.39, 0.29) is 0 Å². The lowest BCUT2D eigenvalue weighted by Gasteiger charge is -2.09. The molecule has 0 aromatic heterocycles. The van der Waals surface area contributed by atoms with E-state index in [2.05, 4.69) is 19.1 Å². The second kappa shape index (κ2) is 7.77. The van der Waals surface area contributed by atoms with Crippen molar-refractivity contribution in [1.29, 1.82) is 0 Å². The minimum absolute atomic E-state index is 0.549. The summed E-state index contributed by atoms with van der Waals surface area (Å²) in [6, 6.07) is 5.83. The molecular weight excluding hydrogens is 226 g/mol. The van der Waals surface area contributed by atoms with Gasteiger partial charge in [-0.15, -0.1) is 0 Å². The average Bonchev–Trinajstić information content (AvgIpc) is 2.39. The molecule has 100 valence electrons. The van der Waals surface area contributed by atoms with Gasteiger partial charge in [-0.05, 0) is 36.5 Å². The van der Waals surface area contributed by atoms with Crippen molar-refractivity contribution < 1.29 is 9.47 Å². The van der Waals surface area contributed by atoms with Crippen LogP contribution in [0.3, 0.4) is 0 Å². The molecule has 3 nitrogen and oxygen atoms in total. The fourth-order valence-corrected chi connectivity index (χ4v) is 1.81. The Kier molecular flexibility index (Phi) is 6.29. The van der Waals surface area contributed by atoms with Gasteiger partial charge in [0.15, 0.2) is 0 Å². The molecule has 0 spiro atoms. The highest BCUT2D eigenvalue weighted by Gasteiger charge is 2.02. The van der Waals surface area contributed by atoms with E-state index in [1.807, 2.05) is 18.2 Å². The smallest absolute Gasteiger partial charge is 0.141 e. The Morgan fingerprint density at radius 2 is 2.11 bits per heavy atom. The van der Waals surface area contributed by atoms with E-state index in [0.717, 1.165) is 30.8 Å². The molecule has 1 aromatic rings. The Bertz CT molecular complexity index is 388. The van der Waals surface area contributed by atoms with Gasteiger partial charge in [0.25, 0.3) is 0 Å². The number of allylic oxidation sites excluding steroid dienone is 1. The maximum absolute atomic E-state index is 5.87. The highest BCUT2D eigenvalue weighted by atomic mass is 16.5.